The first kappa shape index (κ1) is 35.1. The summed E-state index contributed by atoms with van der Waals surface area (Å²) >= 11 is 0. The zero-order valence-corrected chi connectivity index (χ0v) is 30.4. The topological polar surface area (TPSA) is 122 Å². The van der Waals surface area contributed by atoms with Gasteiger partial charge in [-0.3, -0.25) is 19.3 Å². The number of carbonyl (C=O) groups excluding carboxylic acids is 2. The molecule has 3 aliphatic rings. The summed E-state index contributed by atoms with van der Waals surface area (Å²) in [7, 11) is 3.95. The van der Waals surface area contributed by atoms with Crippen LogP contribution in [0.3, 0.4) is 0 Å². The quantitative estimate of drug-likeness (QED) is 0.168. The van der Waals surface area contributed by atoms with Crippen LogP contribution in [-0.2, 0) is 9.53 Å². The molecule has 2 atom stereocenters. The number of amides is 2. The average molecular weight is 725 g/mol. The van der Waals surface area contributed by atoms with Crippen molar-refractivity contribution < 1.29 is 27.9 Å². The molecule has 278 valence electrons. The van der Waals surface area contributed by atoms with Gasteiger partial charge in [0, 0.05) is 67.9 Å². The summed E-state index contributed by atoms with van der Waals surface area (Å²) in [6.45, 7) is 6.21. The van der Waals surface area contributed by atoms with Gasteiger partial charge in [-0.1, -0.05) is 18.2 Å². The Balaban J connectivity index is 1.15. The molecule has 2 amide bonds. The van der Waals surface area contributed by atoms with Gasteiger partial charge in [0.25, 0.3) is 5.91 Å². The first-order chi connectivity index (χ1) is 25.7. The molecule has 0 spiro atoms. The number of para-hydroxylation sites is 1. The summed E-state index contributed by atoms with van der Waals surface area (Å²) in [6, 6.07) is 12.8. The molecule has 2 saturated heterocycles. The van der Waals surface area contributed by atoms with E-state index in [0.717, 1.165) is 36.6 Å². The number of nitrogens with zero attached hydrogens (tertiary/aromatic N) is 4. The maximum absolute atomic E-state index is 16.5. The Hall–Kier alpha value is -4.98. The molecule has 0 saturated carbocycles. The maximum Gasteiger partial charge on any atom is 0.256 e. The SMILES string of the molecule is CCOCCN(C)CC(=O)N[C@@H]1CCN(c2c(F)cc3c(=O)c(C(=O)NCCC4CCCN4C)cn4c3c2Oc2cc3c(cc2-4)oc2ccccc23)C1. The van der Waals surface area contributed by atoms with Crippen molar-refractivity contribution in [2.75, 3.05) is 71.5 Å². The Bertz CT molecular complexity index is 2290. The Morgan fingerprint density at radius 1 is 1.08 bits per heavy atom. The van der Waals surface area contributed by atoms with E-state index in [-0.39, 0.29) is 40.9 Å². The van der Waals surface area contributed by atoms with Crippen molar-refractivity contribution in [3.63, 3.8) is 0 Å². The minimum Gasteiger partial charge on any atom is -0.456 e. The van der Waals surface area contributed by atoms with Gasteiger partial charge in [0.05, 0.1) is 24.2 Å². The van der Waals surface area contributed by atoms with Gasteiger partial charge in [0.2, 0.25) is 11.3 Å². The van der Waals surface area contributed by atoms with Gasteiger partial charge < -0.3 is 38.9 Å². The van der Waals surface area contributed by atoms with Crippen molar-refractivity contribution in [2.24, 2.45) is 0 Å². The molecule has 8 rings (SSSR count). The summed E-state index contributed by atoms with van der Waals surface area (Å²) in [5.41, 5.74) is 1.79. The molecule has 2 aromatic heterocycles. The number of likely N-dealkylation sites (tertiary alicyclic amines) is 1. The van der Waals surface area contributed by atoms with Crippen LogP contribution in [0.2, 0.25) is 0 Å². The molecule has 0 bridgehead atoms. The fourth-order valence-corrected chi connectivity index (χ4v) is 8.11. The van der Waals surface area contributed by atoms with Crippen LogP contribution in [0.4, 0.5) is 10.1 Å². The number of anilines is 1. The third-order valence-corrected chi connectivity index (χ3v) is 10.9. The Kier molecular flexibility index (Phi) is 9.56. The molecule has 13 heteroatoms. The lowest BCUT2D eigenvalue weighted by Crippen LogP contribution is -2.43. The second kappa shape index (κ2) is 14.4. The Morgan fingerprint density at radius 2 is 1.92 bits per heavy atom. The Morgan fingerprint density at radius 3 is 2.74 bits per heavy atom. The van der Waals surface area contributed by atoms with E-state index in [0.29, 0.717) is 80.0 Å². The Labute approximate surface area is 306 Å². The molecule has 1 unspecified atom stereocenters. The lowest BCUT2D eigenvalue weighted by atomic mass is 10.0. The number of hydrogen-bond acceptors (Lipinski definition) is 9. The number of rotatable bonds is 12. The van der Waals surface area contributed by atoms with Crippen LogP contribution in [0.25, 0.3) is 38.5 Å². The monoisotopic (exact) mass is 724 g/mol. The number of likely N-dealkylation sites (N-methyl/N-ethyl adjacent to an activating group) is 1. The summed E-state index contributed by atoms with van der Waals surface area (Å²) < 4.78 is 36.5. The largest absolute Gasteiger partial charge is 0.456 e. The maximum atomic E-state index is 16.5. The van der Waals surface area contributed by atoms with Crippen molar-refractivity contribution in [1.29, 1.82) is 0 Å². The number of ether oxygens (including phenoxy) is 2. The van der Waals surface area contributed by atoms with Crippen molar-refractivity contribution in [1.82, 2.24) is 25.0 Å². The van der Waals surface area contributed by atoms with Crippen LogP contribution in [0.15, 0.2) is 57.9 Å². The first-order valence-corrected chi connectivity index (χ1v) is 18.5. The third-order valence-electron chi connectivity index (χ3n) is 10.9. The zero-order chi connectivity index (χ0) is 36.8. The van der Waals surface area contributed by atoms with E-state index in [1.165, 1.54) is 12.3 Å². The van der Waals surface area contributed by atoms with Gasteiger partial charge in [0.1, 0.15) is 27.9 Å². The van der Waals surface area contributed by atoms with Gasteiger partial charge in [0.15, 0.2) is 17.3 Å². The number of nitrogens with one attached hydrogen (secondary N) is 2. The highest BCUT2D eigenvalue weighted by atomic mass is 19.1. The van der Waals surface area contributed by atoms with E-state index in [1.807, 2.05) is 60.2 Å². The van der Waals surface area contributed by atoms with Crippen molar-refractivity contribution in [3.05, 3.63) is 70.3 Å². The molecule has 5 heterocycles. The normalized spacial score (nSPS) is 18.3. The van der Waals surface area contributed by atoms with Crippen LogP contribution in [0, 0.1) is 5.82 Å². The minimum absolute atomic E-state index is 0.0407. The summed E-state index contributed by atoms with van der Waals surface area (Å²) in [5, 5.41) is 7.81. The van der Waals surface area contributed by atoms with E-state index >= 15 is 4.39 Å². The van der Waals surface area contributed by atoms with E-state index in [2.05, 4.69) is 22.6 Å². The summed E-state index contributed by atoms with van der Waals surface area (Å²) in [4.78, 5) is 46.7. The highest BCUT2D eigenvalue weighted by Crippen LogP contribution is 2.49. The van der Waals surface area contributed by atoms with Gasteiger partial charge in [-0.25, -0.2) is 4.39 Å². The van der Waals surface area contributed by atoms with Crippen LogP contribution in [0.1, 0.15) is 43.0 Å². The summed E-state index contributed by atoms with van der Waals surface area (Å²) in [6.07, 6.45) is 5.11. The number of halogens is 1. The average Bonchev–Trinajstić information content (AvgIpc) is 3.86. The number of hydrogen-bond donors (Lipinski definition) is 2. The smallest absolute Gasteiger partial charge is 0.256 e. The van der Waals surface area contributed by atoms with Gasteiger partial charge in [-0.15, -0.1) is 0 Å². The molecular formula is C40H45FN6O6. The lowest BCUT2D eigenvalue weighted by Gasteiger charge is -2.29. The highest BCUT2D eigenvalue weighted by molar-refractivity contribution is 6.07. The second-order valence-electron chi connectivity index (χ2n) is 14.4. The lowest BCUT2D eigenvalue weighted by molar-refractivity contribution is -0.122. The van der Waals surface area contributed by atoms with Crippen molar-refractivity contribution in [3.8, 4) is 17.2 Å². The number of furan rings is 1. The third kappa shape index (κ3) is 6.62. The minimum atomic E-state index is -0.640. The van der Waals surface area contributed by atoms with Crippen LogP contribution < -0.4 is 25.7 Å². The predicted octanol–water partition coefficient (Wildman–Crippen LogP) is 5.01. The molecular weight excluding hydrogens is 679 g/mol. The predicted molar refractivity (Wildman–Crippen MR) is 202 cm³/mol. The van der Waals surface area contributed by atoms with E-state index < -0.39 is 17.2 Å². The van der Waals surface area contributed by atoms with Gasteiger partial charge in [-0.05, 0) is 71.4 Å². The van der Waals surface area contributed by atoms with Gasteiger partial charge >= 0.3 is 0 Å². The molecule has 3 aromatic carbocycles. The fourth-order valence-electron chi connectivity index (χ4n) is 8.11. The summed E-state index contributed by atoms with van der Waals surface area (Å²) in [5.74, 6) is -0.642. The number of fused-ring (bicyclic) bond motifs is 5. The molecule has 3 aliphatic heterocycles. The molecule has 12 nitrogen and oxygen atoms in total. The first-order valence-electron chi connectivity index (χ1n) is 18.5. The number of aromatic nitrogens is 1. The number of carbonyl (C=O) groups is 2. The number of benzene rings is 3. The van der Waals surface area contributed by atoms with Crippen LogP contribution >= 0.6 is 0 Å². The highest BCUT2D eigenvalue weighted by Gasteiger charge is 2.34. The van der Waals surface area contributed by atoms with Crippen molar-refractivity contribution >= 4 is 50.3 Å². The van der Waals surface area contributed by atoms with Crippen LogP contribution in [0.5, 0.6) is 11.5 Å². The van der Waals surface area contributed by atoms with Crippen LogP contribution in [-0.4, -0.2) is 105 Å². The van der Waals surface area contributed by atoms with Gasteiger partial charge in [-0.2, -0.15) is 0 Å². The molecule has 0 aliphatic carbocycles. The molecule has 2 N–H and O–H groups in total. The van der Waals surface area contributed by atoms with E-state index in [9.17, 15) is 14.4 Å². The standard InChI is InChI=1S/C40H45FN6O6/c1-4-51-17-16-44(2)23-35(48)43-24-12-15-46(21-24)37-30(41)18-28-36-39(37)53-34-19-27-26-9-5-6-10-32(26)52-33(27)20-31(34)47(36)22-29(38(28)49)40(50)42-13-11-25-8-7-14-45(25)3/h5-6,9-10,18-20,22,24-25H,4,7-8,11-17,21,23H2,1-3H3,(H,42,50)(H,43,48)/t24-,25?/m1/s1. The van der Waals surface area contributed by atoms with E-state index in [4.69, 9.17) is 13.9 Å². The molecule has 2 fully saturated rings. The molecule has 53 heavy (non-hydrogen) atoms. The fraction of sp³-hybridized carbons (Fsp3) is 0.425. The zero-order valence-electron chi connectivity index (χ0n) is 30.4. The molecule has 0 radical (unpaired) electrons. The van der Waals surface area contributed by atoms with E-state index in [1.54, 1.807) is 4.57 Å². The van der Waals surface area contributed by atoms with Crippen molar-refractivity contribution in [2.45, 2.75) is 44.7 Å². The number of pyridine rings is 1. The molecule has 5 aromatic rings. The second-order valence-corrected chi connectivity index (χ2v) is 14.4.